The molecule has 2 heterocycles. The van der Waals surface area contributed by atoms with E-state index in [1.807, 2.05) is 42.4 Å². The van der Waals surface area contributed by atoms with Gasteiger partial charge < -0.3 is 10.2 Å². The minimum Gasteiger partial charge on any atom is -0.310 e. The van der Waals surface area contributed by atoms with Gasteiger partial charge in [0, 0.05) is 24.3 Å². The summed E-state index contributed by atoms with van der Waals surface area (Å²) in [6, 6.07) is 7.95. The SMILES string of the molecule is CNC1CCCN(c2cccc3ccncc23)C1=O. The van der Waals surface area contributed by atoms with E-state index in [4.69, 9.17) is 0 Å². The van der Waals surface area contributed by atoms with Crippen LogP contribution in [0.1, 0.15) is 12.8 Å². The molecule has 1 aliphatic rings. The first-order valence-electron chi connectivity index (χ1n) is 6.62. The predicted molar refractivity (Wildman–Crippen MR) is 76.2 cm³/mol. The molecule has 4 nitrogen and oxygen atoms in total. The highest BCUT2D eigenvalue weighted by atomic mass is 16.2. The summed E-state index contributed by atoms with van der Waals surface area (Å²) in [6.45, 7) is 0.783. The first kappa shape index (κ1) is 12.1. The Morgan fingerprint density at radius 1 is 1.37 bits per heavy atom. The van der Waals surface area contributed by atoms with Crippen molar-refractivity contribution in [2.45, 2.75) is 18.9 Å². The Kier molecular flexibility index (Phi) is 3.17. The lowest BCUT2D eigenvalue weighted by Crippen LogP contribution is -2.49. The molecule has 0 radical (unpaired) electrons. The van der Waals surface area contributed by atoms with E-state index in [9.17, 15) is 4.79 Å². The molecule has 4 heteroatoms. The van der Waals surface area contributed by atoms with E-state index in [0.717, 1.165) is 35.8 Å². The highest BCUT2D eigenvalue weighted by Crippen LogP contribution is 2.28. The minimum absolute atomic E-state index is 0.0688. The largest absolute Gasteiger partial charge is 0.310 e. The van der Waals surface area contributed by atoms with Crippen molar-refractivity contribution in [1.29, 1.82) is 0 Å². The molecule has 1 aliphatic heterocycles. The van der Waals surface area contributed by atoms with Gasteiger partial charge in [-0.25, -0.2) is 0 Å². The molecule has 1 unspecified atom stereocenters. The van der Waals surface area contributed by atoms with Crippen LogP contribution < -0.4 is 10.2 Å². The molecule has 1 atom stereocenters. The number of nitrogens with one attached hydrogen (secondary N) is 1. The van der Waals surface area contributed by atoms with Crippen LogP contribution in [0.2, 0.25) is 0 Å². The van der Waals surface area contributed by atoms with Crippen molar-refractivity contribution >= 4 is 22.4 Å². The van der Waals surface area contributed by atoms with E-state index in [1.54, 1.807) is 6.20 Å². The van der Waals surface area contributed by atoms with Crippen molar-refractivity contribution in [3.05, 3.63) is 36.7 Å². The van der Waals surface area contributed by atoms with E-state index in [0.29, 0.717) is 0 Å². The minimum atomic E-state index is -0.0688. The van der Waals surface area contributed by atoms with Gasteiger partial charge in [0.2, 0.25) is 5.91 Å². The van der Waals surface area contributed by atoms with Gasteiger partial charge in [-0.2, -0.15) is 0 Å². The Bertz CT molecular complexity index is 606. The Hall–Kier alpha value is -1.94. The Morgan fingerprint density at radius 3 is 3.11 bits per heavy atom. The topological polar surface area (TPSA) is 45.2 Å². The molecule has 19 heavy (non-hydrogen) atoms. The quantitative estimate of drug-likeness (QED) is 0.892. The zero-order valence-corrected chi connectivity index (χ0v) is 11.0. The second-order valence-corrected chi connectivity index (χ2v) is 4.85. The molecule has 1 fully saturated rings. The van der Waals surface area contributed by atoms with Crippen LogP contribution in [0.5, 0.6) is 0 Å². The van der Waals surface area contributed by atoms with E-state index < -0.39 is 0 Å². The predicted octanol–water partition coefficient (Wildman–Crippen LogP) is 1.95. The number of carbonyl (C=O) groups excluding carboxylic acids is 1. The number of likely N-dealkylation sites (N-methyl/N-ethyl adjacent to an activating group) is 1. The summed E-state index contributed by atoms with van der Waals surface area (Å²) in [4.78, 5) is 18.5. The summed E-state index contributed by atoms with van der Waals surface area (Å²) < 4.78 is 0. The van der Waals surface area contributed by atoms with Crippen molar-refractivity contribution < 1.29 is 4.79 Å². The molecular weight excluding hydrogens is 238 g/mol. The van der Waals surface area contributed by atoms with Crippen LogP contribution in [0.4, 0.5) is 5.69 Å². The Balaban J connectivity index is 2.06. The van der Waals surface area contributed by atoms with Crippen molar-refractivity contribution in [2.75, 3.05) is 18.5 Å². The maximum Gasteiger partial charge on any atom is 0.244 e. The third kappa shape index (κ3) is 2.08. The first-order valence-corrected chi connectivity index (χ1v) is 6.62. The van der Waals surface area contributed by atoms with Gasteiger partial charge in [0.25, 0.3) is 0 Å². The van der Waals surface area contributed by atoms with E-state index in [1.165, 1.54) is 0 Å². The van der Waals surface area contributed by atoms with Gasteiger partial charge in [0.1, 0.15) is 0 Å². The number of pyridine rings is 1. The molecule has 2 aromatic rings. The van der Waals surface area contributed by atoms with Crippen LogP contribution in [0.25, 0.3) is 10.8 Å². The highest BCUT2D eigenvalue weighted by molar-refractivity contribution is 6.05. The maximum atomic E-state index is 12.4. The molecule has 1 amide bonds. The van der Waals surface area contributed by atoms with Gasteiger partial charge in [-0.05, 0) is 37.4 Å². The van der Waals surface area contributed by atoms with E-state index in [2.05, 4.69) is 10.3 Å². The number of piperidine rings is 1. The molecule has 1 aromatic carbocycles. The number of amides is 1. The smallest absolute Gasteiger partial charge is 0.244 e. The van der Waals surface area contributed by atoms with Crippen molar-refractivity contribution in [1.82, 2.24) is 10.3 Å². The number of benzene rings is 1. The number of hydrogen-bond donors (Lipinski definition) is 1. The maximum absolute atomic E-state index is 12.4. The fraction of sp³-hybridized carbons (Fsp3) is 0.333. The molecule has 98 valence electrons. The summed E-state index contributed by atoms with van der Waals surface area (Å²) >= 11 is 0. The Morgan fingerprint density at radius 2 is 2.26 bits per heavy atom. The molecule has 0 aliphatic carbocycles. The zero-order chi connectivity index (χ0) is 13.2. The molecule has 3 rings (SSSR count). The van der Waals surface area contributed by atoms with Gasteiger partial charge >= 0.3 is 0 Å². The standard InChI is InChI=1S/C15H17N3O/c1-16-13-5-3-9-18(15(13)19)14-6-2-4-11-7-8-17-10-12(11)14/h2,4,6-8,10,13,16H,3,5,9H2,1H3. The number of rotatable bonds is 2. The monoisotopic (exact) mass is 255 g/mol. The fourth-order valence-corrected chi connectivity index (χ4v) is 2.71. The summed E-state index contributed by atoms with van der Waals surface area (Å²) in [5, 5.41) is 5.25. The lowest BCUT2D eigenvalue weighted by atomic mass is 10.0. The molecular formula is C15H17N3O. The number of fused-ring (bicyclic) bond motifs is 1. The van der Waals surface area contributed by atoms with Gasteiger partial charge in [0.15, 0.2) is 0 Å². The van der Waals surface area contributed by atoms with Gasteiger partial charge in [-0.3, -0.25) is 9.78 Å². The lowest BCUT2D eigenvalue weighted by molar-refractivity contribution is -0.121. The van der Waals surface area contributed by atoms with Crippen LogP contribution in [-0.2, 0) is 4.79 Å². The second kappa shape index (κ2) is 4.97. The zero-order valence-electron chi connectivity index (χ0n) is 11.0. The van der Waals surface area contributed by atoms with Gasteiger partial charge in [-0.1, -0.05) is 12.1 Å². The van der Waals surface area contributed by atoms with Crippen molar-refractivity contribution in [3.8, 4) is 0 Å². The summed E-state index contributed by atoms with van der Waals surface area (Å²) in [5.41, 5.74) is 0.968. The number of aromatic nitrogens is 1. The van der Waals surface area contributed by atoms with Gasteiger partial charge in [-0.15, -0.1) is 0 Å². The van der Waals surface area contributed by atoms with E-state index >= 15 is 0 Å². The molecule has 0 saturated carbocycles. The number of anilines is 1. The summed E-state index contributed by atoms with van der Waals surface area (Å²) in [6.07, 6.45) is 5.55. The van der Waals surface area contributed by atoms with Crippen LogP contribution in [-0.4, -0.2) is 30.5 Å². The number of carbonyl (C=O) groups is 1. The molecule has 1 aromatic heterocycles. The van der Waals surface area contributed by atoms with Crippen molar-refractivity contribution in [2.24, 2.45) is 0 Å². The van der Waals surface area contributed by atoms with Crippen LogP contribution >= 0.6 is 0 Å². The van der Waals surface area contributed by atoms with Crippen LogP contribution in [0.15, 0.2) is 36.7 Å². The normalized spacial score (nSPS) is 19.9. The van der Waals surface area contributed by atoms with Crippen LogP contribution in [0.3, 0.4) is 0 Å². The highest BCUT2D eigenvalue weighted by Gasteiger charge is 2.29. The first-order chi connectivity index (χ1) is 9.31. The third-order valence-corrected chi connectivity index (χ3v) is 3.74. The second-order valence-electron chi connectivity index (χ2n) is 4.85. The average molecular weight is 255 g/mol. The molecule has 0 spiro atoms. The van der Waals surface area contributed by atoms with Gasteiger partial charge in [0.05, 0.1) is 11.7 Å². The molecule has 1 N–H and O–H groups in total. The average Bonchev–Trinajstić information content (AvgIpc) is 2.47. The summed E-state index contributed by atoms with van der Waals surface area (Å²) in [5.74, 6) is 0.158. The number of nitrogens with zero attached hydrogens (tertiary/aromatic N) is 2. The van der Waals surface area contributed by atoms with Crippen molar-refractivity contribution in [3.63, 3.8) is 0 Å². The Labute approximate surface area is 112 Å². The third-order valence-electron chi connectivity index (χ3n) is 3.74. The number of hydrogen-bond acceptors (Lipinski definition) is 3. The lowest BCUT2D eigenvalue weighted by Gasteiger charge is -2.32. The fourth-order valence-electron chi connectivity index (χ4n) is 2.71. The molecule has 1 saturated heterocycles. The molecule has 0 bridgehead atoms. The van der Waals surface area contributed by atoms with Crippen LogP contribution in [0, 0.1) is 0 Å². The summed E-state index contributed by atoms with van der Waals surface area (Å²) in [7, 11) is 1.84. The van der Waals surface area contributed by atoms with E-state index in [-0.39, 0.29) is 11.9 Å².